The number of benzene rings is 2. The van der Waals surface area contributed by atoms with Gasteiger partial charge in [0, 0.05) is 21.6 Å². The second-order valence-corrected chi connectivity index (χ2v) is 9.38. The van der Waals surface area contributed by atoms with E-state index >= 15 is 0 Å². The third kappa shape index (κ3) is 5.16. The van der Waals surface area contributed by atoms with Gasteiger partial charge in [-0.3, -0.25) is 15.0 Å². The highest BCUT2D eigenvalue weighted by Crippen LogP contribution is 2.25. The number of rotatable bonds is 6. The summed E-state index contributed by atoms with van der Waals surface area (Å²) in [6.07, 6.45) is 1.20. The molecule has 1 N–H and O–H groups in total. The number of para-hydroxylation sites is 1. The van der Waals surface area contributed by atoms with Gasteiger partial charge < -0.3 is 4.74 Å². The highest BCUT2D eigenvalue weighted by molar-refractivity contribution is 14.1. The number of fused-ring (bicyclic) bond motifs is 1. The minimum Gasteiger partial charge on any atom is -0.448 e. The van der Waals surface area contributed by atoms with E-state index in [4.69, 9.17) is 4.74 Å². The molecule has 156 valence electrons. The molecule has 4 rings (SSSR count). The van der Waals surface area contributed by atoms with Crippen molar-refractivity contribution in [2.75, 3.05) is 31.6 Å². The van der Waals surface area contributed by atoms with Crippen molar-refractivity contribution in [3.63, 3.8) is 0 Å². The minimum atomic E-state index is -0.473. The maximum atomic E-state index is 12.7. The summed E-state index contributed by atoms with van der Waals surface area (Å²) in [4.78, 5) is 31.3. The highest BCUT2D eigenvalue weighted by atomic mass is 127. The summed E-state index contributed by atoms with van der Waals surface area (Å²) in [6.45, 7) is 2.65. The minimum absolute atomic E-state index is 0.0733. The second kappa shape index (κ2) is 9.84. The number of piperidine rings is 1. The Morgan fingerprint density at radius 1 is 1.17 bits per heavy atom. The molecule has 1 amide bonds. The van der Waals surface area contributed by atoms with Gasteiger partial charge >= 0.3 is 6.09 Å². The number of amides is 1. The molecule has 0 bridgehead atoms. The van der Waals surface area contributed by atoms with Gasteiger partial charge in [0.2, 0.25) is 0 Å². The van der Waals surface area contributed by atoms with Crippen LogP contribution in [0.5, 0.6) is 0 Å². The number of likely N-dealkylation sites (tertiary alicyclic amines) is 1. The summed E-state index contributed by atoms with van der Waals surface area (Å²) in [7, 11) is 0. The van der Waals surface area contributed by atoms with Crippen molar-refractivity contribution in [1.29, 1.82) is 0 Å². The van der Waals surface area contributed by atoms with E-state index in [1.165, 1.54) is 11.3 Å². The van der Waals surface area contributed by atoms with Gasteiger partial charge in [0.05, 0.1) is 15.9 Å². The van der Waals surface area contributed by atoms with Crippen molar-refractivity contribution in [2.24, 2.45) is 5.92 Å². The molecule has 0 aliphatic carbocycles. The van der Waals surface area contributed by atoms with Crippen LogP contribution >= 0.6 is 33.9 Å². The zero-order chi connectivity index (χ0) is 20.9. The van der Waals surface area contributed by atoms with Crippen LogP contribution in [0.25, 0.3) is 10.2 Å². The van der Waals surface area contributed by atoms with E-state index in [2.05, 4.69) is 37.8 Å². The topological polar surface area (TPSA) is 71.5 Å². The summed E-state index contributed by atoms with van der Waals surface area (Å²) in [5, 5.41) is 2.77. The first kappa shape index (κ1) is 21.2. The van der Waals surface area contributed by atoms with Crippen molar-refractivity contribution >= 4 is 61.7 Å². The molecule has 1 aliphatic rings. The van der Waals surface area contributed by atoms with E-state index in [9.17, 15) is 9.59 Å². The normalized spacial score (nSPS) is 15.2. The molecular weight excluding hydrogens is 513 g/mol. The molecule has 1 aromatic heterocycles. The first-order valence-electron chi connectivity index (χ1n) is 9.88. The molecule has 0 radical (unpaired) electrons. The molecule has 2 heterocycles. The van der Waals surface area contributed by atoms with Crippen LogP contribution < -0.4 is 5.32 Å². The van der Waals surface area contributed by atoms with Crippen LogP contribution in [0.1, 0.15) is 23.2 Å². The average molecular weight is 535 g/mol. The first-order valence-corrected chi connectivity index (χ1v) is 11.8. The fraction of sp³-hybridized carbons (Fsp3) is 0.318. The van der Waals surface area contributed by atoms with Crippen LogP contribution in [0.2, 0.25) is 0 Å². The number of hydrogen-bond acceptors (Lipinski definition) is 6. The molecule has 8 heteroatoms. The summed E-state index contributed by atoms with van der Waals surface area (Å²) in [5.74, 6) is 0.307. The fourth-order valence-electron chi connectivity index (χ4n) is 3.67. The lowest BCUT2D eigenvalue weighted by atomic mass is 9.89. The van der Waals surface area contributed by atoms with Crippen molar-refractivity contribution in [3.05, 3.63) is 57.1 Å². The maximum Gasteiger partial charge on any atom is 0.411 e. The largest absolute Gasteiger partial charge is 0.448 e. The Morgan fingerprint density at radius 3 is 2.70 bits per heavy atom. The van der Waals surface area contributed by atoms with Crippen LogP contribution in [-0.2, 0) is 4.74 Å². The number of nitrogens with zero attached hydrogens (tertiary/aromatic N) is 2. The number of anilines is 1. The molecule has 1 fully saturated rings. The Morgan fingerprint density at radius 2 is 1.93 bits per heavy atom. The lowest BCUT2D eigenvalue weighted by Gasteiger charge is -2.31. The van der Waals surface area contributed by atoms with Gasteiger partial charge in [0.25, 0.3) is 0 Å². The number of halogens is 1. The van der Waals surface area contributed by atoms with E-state index < -0.39 is 6.09 Å². The molecule has 0 spiro atoms. The number of Topliss-reactive ketones (excluding diaryl/α,β-unsaturated/α-hetero) is 1. The zero-order valence-electron chi connectivity index (χ0n) is 16.3. The number of thiazole rings is 1. The molecule has 1 saturated heterocycles. The van der Waals surface area contributed by atoms with Gasteiger partial charge in [-0.1, -0.05) is 18.2 Å². The Kier molecular flexibility index (Phi) is 6.96. The highest BCUT2D eigenvalue weighted by Gasteiger charge is 2.25. The van der Waals surface area contributed by atoms with E-state index in [-0.39, 0.29) is 11.7 Å². The Bertz CT molecular complexity index is 1030. The number of carbonyl (C=O) groups excluding carboxylic acids is 2. The number of aromatic nitrogens is 1. The number of ketones is 1. The van der Waals surface area contributed by atoms with Crippen molar-refractivity contribution in [2.45, 2.75) is 12.8 Å². The van der Waals surface area contributed by atoms with Gasteiger partial charge in [-0.25, -0.2) is 9.78 Å². The van der Waals surface area contributed by atoms with E-state index in [1.54, 1.807) is 5.51 Å². The van der Waals surface area contributed by atoms with Crippen LogP contribution in [0.4, 0.5) is 10.5 Å². The lowest BCUT2D eigenvalue weighted by Crippen LogP contribution is -2.38. The van der Waals surface area contributed by atoms with E-state index in [0.29, 0.717) is 18.8 Å². The summed E-state index contributed by atoms with van der Waals surface area (Å²) < 4.78 is 7.50. The molecule has 0 atom stereocenters. The number of nitrogens with one attached hydrogen (secondary N) is 1. The molecule has 6 nitrogen and oxygen atoms in total. The number of hydrogen-bond donors (Lipinski definition) is 1. The molecule has 30 heavy (non-hydrogen) atoms. The van der Waals surface area contributed by atoms with Gasteiger partial charge in [0.1, 0.15) is 12.1 Å². The van der Waals surface area contributed by atoms with Gasteiger partial charge in [-0.2, -0.15) is 0 Å². The monoisotopic (exact) mass is 535 g/mol. The standard InChI is InChI=1S/C22H22IN3O3S/c23-17-6-4-15(5-7-17)21(27)16-8-10-26(11-9-16)12-13-29-22(28)25-18-2-1-3-19-20(18)24-14-30-19/h1-7,14,16H,8-13H2,(H,25,28). The molecule has 0 saturated carbocycles. The third-order valence-electron chi connectivity index (χ3n) is 5.32. The Hall–Kier alpha value is -2.04. The molecule has 0 unspecified atom stereocenters. The summed E-state index contributed by atoms with van der Waals surface area (Å²) in [5.41, 5.74) is 3.99. The number of ether oxygens (including phenoxy) is 1. The predicted octanol–water partition coefficient (Wildman–Crippen LogP) is 5.04. The number of carbonyl (C=O) groups is 2. The van der Waals surface area contributed by atoms with Crippen molar-refractivity contribution in [3.8, 4) is 0 Å². The summed E-state index contributed by atoms with van der Waals surface area (Å²) >= 11 is 3.77. The van der Waals surface area contributed by atoms with Crippen LogP contribution in [0.15, 0.2) is 48.0 Å². The van der Waals surface area contributed by atoms with Gasteiger partial charge in [-0.05, 0) is 72.8 Å². The lowest BCUT2D eigenvalue weighted by molar-refractivity contribution is 0.0813. The van der Waals surface area contributed by atoms with E-state index in [0.717, 1.165) is 45.3 Å². The SMILES string of the molecule is O=C(Nc1cccc2scnc12)OCCN1CCC(C(=O)c2ccc(I)cc2)CC1. The van der Waals surface area contributed by atoms with Crippen molar-refractivity contribution < 1.29 is 14.3 Å². The molecular formula is C22H22IN3O3S. The average Bonchev–Trinajstić information content (AvgIpc) is 3.24. The van der Waals surface area contributed by atoms with Crippen LogP contribution in [0.3, 0.4) is 0 Å². The predicted molar refractivity (Wildman–Crippen MR) is 127 cm³/mol. The smallest absolute Gasteiger partial charge is 0.411 e. The summed E-state index contributed by atoms with van der Waals surface area (Å²) in [6, 6.07) is 13.4. The van der Waals surface area contributed by atoms with Crippen molar-refractivity contribution in [1.82, 2.24) is 9.88 Å². The van der Waals surface area contributed by atoms with Gasteiger partial charge in [0.15, 0.2) is 5.78 Å². The second-order valence-electron chi connectivity index (χ2n) is 7.25. The zero-order valence-corrected chi connectivity index (χ0v) is 19.3. The molecule has 1 aliphatic heterocycles. The van der Waals surface area contributed by atoms with E-state index in [1.807, 2.05) is 42.5 Å². The molecule has 3 aromatic rings. The Balaban J connectivity index is 1.19. The Labute approximate surface area is 192 Å². The van der Waals surface area contributed by atoms with Gasteiger partial charge in [-0.15, -0.1) is 11.3 Å². The first-order chi connectivity index (χ1) is 14.6. The van der Waals surface area contributed by atoms with Crippen LogP contribution in [0, 0.1) is 9.49 Å². The maximum absolute atomic E-state index is 12.7. The fourth-order valence-corrected chi connectivity index (χ4v) is 4.73. The quantitative estimate of drug-likeness (QED) is 0.354. The molecule has 2 aromatic carbocycles. The van der Waals surface area contributed by atoms with Crippen LogP contribution in [-0.4, -0.2) is 48.0 Å². The third-order valence-corrected chi connectivity index (χ3v) is 6.84.